The van der Waals surface area contributed by atoms with Crippen LogP contribution in [-0.2, 0) is 7.05 Å². The molecule has 0 radical (unpaired) electrons. The fourth-order valence-electron chi connectivity index (χ4n) is 1.25. The summed E-state index contributed by atoms with van der Waals surface area (Å²) in [5.74, 6) is -0.181. The fraction of sp³-hybridized carbons (Fsp3) is 0.0909. The number of rotatable bonds is 3. The summed E-state index contributed by atoms with van der Waals surface area (Å²) in [6.07, 6.45) is 4.85. The topological polar surface area (TPSA) is 34.9 Å². The molecule has 3 nitrogen and oxygen atoms in total. The number of thiophene rings is 1. The maximum Gasteiger partial charge on any atom is 0.207 e. The van der Waals surface area contributed by atoms with Crippen LogP contribution in [0.3, 0.4) is 0 Å². The molecular formula is C11H9ClN2OS. The summed E-state index contributed by atoms with van der Waals surface area (Å²) in [7, 11) is 1.73. The van der Waals surface area contributed by atoms with E-state index in [4.69, 9.17) is 11.6 Å². The largest absolute Gasteiger partial charge is 0.287 e. The van der Waals surface area contributed by atoms with Crippen molar-refractivity contribution in [3.05, 3.63) is 45.4 Å². The predicted molar refractivity (Wildman–Crippen MR) is 65.9 cm³/mol. The molecule has 0 aromatic carbocycles. The average molecular weight is 253 g/mol. The first-order valence-electron chi connectivity index (χ1n) is 4.62. The molecule has 0 aliphatic carbocycles. The van der Waals surface area contributed by atoms with E-state index in [1.54, 1.807) is 30.7 Å². The van der Waals surface area contributed by atoms with E-state index in [9.17, 15) is 4.79 Å². The number of allylic oxidation sites excluding steroid dienone is 1. The zero-order valence-electron chi connectivity index (χ0n) is 8.55. The number of carbonyl (C=O) groups is 1. The van der Waals surface area contributed by atoms with Crippen LogP contribution in [0.1, 0.15) is 15.4 Å². The van der Waals surface area contributed by atoms with E-state index in [0.717, 1.165) is 4.88 Å². The molecule has 82 valence electrons. The van der Waals surface area contributed by atoms with Gasteiger partial charge in [0.2, 0.25) is 5.78 Å². The van der Waals surface area contributed by atoms with Crippen molar-refractivity contribution in [2.75, 3.05) is 0 Å². The Balaban J connectivity index is 2.17. The maximum absolute atomic E-state index is 11.7. The number of carbonyl (C=O) groups excluding carboxylic acids is 1. The average Bonchev–Trinajstić information content (AvgIpc) is 2.84. The Hall–Kier alpha value is -1.39. The van der Waals surface area contributed by atoms with Gasteiger partial charge >= 0.3 is 0 Å². The molecule has 5 heteroatoms. The van der Waals surface area contributed by atoms with Gasteiger partial charge in [0, 0.05) is 18.1 Å². The Morgan fingerprint density at radius 1 is 1.62 bits per heavy atom. The summed E-state index contributed by atoms with van der Waals surface area (Å²) < 4.78 is 1.52. The fourth-order valence-corrected chi connectivity index (χ4v) is 2.14. The summed E-state index contributed by atoms with van der Waals surface area (Å²) in [6, 6.07) is 3.87. The minimum atomic E-state index is -0.181. The first-order chi connectivity index (χ1) is 7.66. The van der Waals surface area contributed by atoms with Crippen LogP contribution in [-0.4, -0.2) is 15.6 Å². The maximum atomic E-state index is 11.7. The highest BCUT2D eigenvalue weighted by Gasteiger charge is 2.11. The molecule has 0 N–H and O–H groups in total. The normalized spacial score (nSPS) is 11.1. The van der Waals surface area contributed by atoms with Crippen LogP contribution in [0.5, 0.6) is 0 Å². The molecule has 0 aliphatic rings. The van der Waals surface area contributed by atoms with Gasteiger partial charge in [0.25, 0.3) is 0 Å². The minimum absolute atomic E-state index is 0.181. The van der Waals surface area contributed by atoms with Crippen molar-refractivity contribution >= 4 is 34.8 Å². The Labute approximate surface area is 102 Å². The summed E-state index contributed by atoms with van der Waals surface area (Å²) in [5.41, 5.74) is 0.289. The second-order valence-electron chi connectivity index (χ2n) is 3.21. The molecule has 0 amide bonds. The Morgan fingerprint density at radius 3 is 3.00 bits per heavy atom. The third-order valence-electron chi connectivity index (χ3n) is 1.96. The number of hydrogen-bond donors (Lipinski definition) is 0. The van der Waals surface area contributed by atoms with E-state index in [0.29, 0.717) is 5.02 Å². The molecule has 0 atom stereocenters. The summed E-state index contributed by atoms with van der Waals surface area (Å²) >= 11 is 7.44. The molecule has 2 rings (SSSR count). The van der Waals surface area contributed by atoms with Crippen LogP contribution < -0.4 is 0 Å². The Kier molecular flexibility index (Phi) is 3.22. The lowest BCUT2D eigenvalue weighted by molar-refractivity contribution is 0.104. The lowest BCUT2D eigenvalue weighted by Crippen LogP contribution is -1.98. The van der Waals surface area contributed by atoms with Gasteiger partial charge in [0.05, 0.1) is 5.02 Å². The highest BCUT2D eigenvalue weighted by atomic mass is 35.5. The first-order valence-corrected chi connectivity index (χ1v) is 5.87. The van der Waals surface area contributed by atoms with Crippen molar-refractivity contribution in [1.29, 1.82) is 0 Å². The Bertz CT molecular complexity index is 528. The van der Waals surface area contributed by atoms with Crippen LogP contribution in [0.2, 0.25) is 5.02 Å². The molecule has 0 unspecified atom stereocenters. The van der Waals surface area contributed by atoms with E-state index in [1.807, 2.05) is 17.5 Å². The third-order valence-corrected chi connectivity index (χ3v) is 3.07. The number of aromatic nitrogens is 2. The second kappa shape index (κ2) is 4.63. The summed E-state index contributed by atoms with van der Waals surface area (Å²) in [6.45, 7) is 0. The first kappa shape index (κ1) is 11.1. The lowest BCUT2D eigenvalue weighted by atomic mass is 10.2. The van der Waals surface area contributed by atoms with Gasteiger partial charge in [-0.3, -0.25) is 9.48 Å². The standard InChI is InChI=1S/C11H9ClN2OS/c1-14-7-9(12)11(13-14)10(15)5-4-8-3-2-6-16-8/h2-7H,1H3/b5-4+. The molecule has 0 saturated carbocycles. The smallest absolute Gasteiger partial charge is 0.207 e. The molecule has 0 fully saturated rings. The lowest BCUT2D eigenvalue weighted by Gasteiger charge is -1.89. The van der Waals surface area contributed by atoms with Gasteiger partial charge in [-0.1, -0.05) is 17.7 Å². The molecule has 2 heterocycles. The van der Waals surface area contributed by atoms with Gasteiger partial charge in [-0.15, -0.1) is 11.3 Å². The summed E-state index contributed by atoms with van der Waals surface area (Å²) in [5, 5.41) is 6.33. The van der Waals surface area contributed by atoms with Crippen molar-refractivity contribution in [3.63, 3.8) is 0 Å². The van der Waals surface area contributed by atoms with Crippen LogP contribution in [0.25, 0.3) is 6.08 Å². The quantitative estimate of drug-likeness (QED) is 0.622. The van der Waals surface area contributed by atoms with E-state index >= 15 is 0 Å². The van der Waals surface area contributed by atoms with Crippen molar-refractivity contribution in [3.8, 4) is 0 Å². The van der Waals surface area contributed by atoms with E-state index in [-0.39, 0.29) is 11.5 Å². The van der Waals surface area contributed by atoms with Gasteiger partial charge in [-0.25, -0.2) is 0 Å². The van der Waals surface area contributed by atoms with Gasteiger partial charge in [0.1, 0.15) is 0 Å². The van der Waals surface area contributed by atoms with Crippen molar-refractivity contribution in [2.45, 2.75) is 0 Å². The van der Waals surface area contributed by atoms with E-state index < -0.39 is 0 Å². The number of nitrogens with zero attached hydrogens (tertiary/aromatic N) is 2. The molecule has 2 aromatic rings. The molecule has 0 bridgehead atoms. The van der Waals surface area contributed by atoms with Crippen LogP contribution in [0.4, 0.5) is 0 Å². The van der Waals surface area contributed by atoms with Crippen molar-refractivity contribution in [1.82, 2.24) is 9.78 Å². The number of hydrogen-bond acceptors (Lipinski definition) is 3. The van der Waals surface area contributed by atoms with Gasteiger partial charge in [-0.05, 0) is 23.6 Å². The van der Waals surface area contributed by atoms with Gasteiger partial charge in [0.15, 0.2) is 5.69 Å². The van der Waals surface area contributed by atoms with Crippen LogP contribution >= 0.6 is 22.9 Å². The van der Waals surface area contributed by atoms with Gasteiger partial charge in [-0.2, -0.15) is 5.10 Å². The number of ketones is 1. The van der Waals surface area contributed by atoms with E-state index in [1.165, 1.54) is 10.8 Å². The zero-order valence-corrected chi connectivity index (χ0v) is 10.1. The van der Waals surface area contributed by atoms with Crippen molar-refractivity contribution < 1.29 is 4.79 Å². The predicted octanol–water partition coefficient (Wildman–Crippen LogP) is 3.03. The monoisotopic (exact) mass is 252 g/mol. The minimum Gasteiger partial charge on any atom is -0.287 e. The number of aryl methyl sites for hydroxylation is 1. The third kappa shape index (κ3) is 2.40. The SMILES string of the molecule is Cn1cc(Cl)c(C(=O)/C=C/c2cccs2)n1. The molecule has 16 heavy (non-hydrogen) atoms. The van der Waals surface area contributed by atoms with E-state index in [2.05, 4.69) is 5.10 Å². The molecule has 2 aromatic heterocycles. The molecule has 0 saturated heterocycles. The van der Waals surface area contributed by atoms with Gasteiger partial charge < -0.3 is 0 Å². The van der Waals surface area contributed by atoms with Crippen molar-refractivity contribution in [2.24, 2.45) is 7.05 Å². The number of halogens is 1. The molecule has 0 aliphatic heterocycles. The highest BCUT2D eigenvalue weighted by molar-refractivity contribution is 7.10. The van der Waals surface area contributed by atoms with Crippen LogP contribution in [0, 0.1) is 0 Å². The van der Waals surface area contributed by atoms with Crippen LogP contribution in [0.15, 0.2) is 29.8 Å². The molecule has 0 spiro atoms. The zero-order chi connectivity index (χ0) is 11.5. The second-order valence-corrected chi connectivity index (χ2v) is 4.60. The summed E-state index contributed by atoms with van der Waals surface area (Å²) in [4.78, 5) is 12.8. The highest BCUT2D eigenvalue weighted by Crippen LogP contribution is 2.16. The Morgan fingerprint density at radius 2 is 2.44 bits per heavy atom. The molecular weight excluding hydrogens is 244 g/mol.